The maximum Gasteiger partial charge on any atom is 0.264 e. The average molecular weight is 524 g/mol. The van der Waals surface area contributed by atoms with Gasteiger partial charge in [-0.05, 0) is 96.2 Å². The molecule has 8 heteroatoms. The minimum Gasteiger partial charge on any atom is -0.494 e. The number of ether oxygens (including phenoxy) is 3. The van der Waals surface area contributed by atoms with Crippen LogP contribution in [0.25, 0.3) is 6.08 Å². The molecule has 0 bridgehead atoms. The highest BCUT2D eigenvalue weighted by molar-refractivity contribution is 14.1. The zero-order chi connectivity index (χ0) is 20.8. The number of nitrogens with zero attached hydrogens (tertiary/aromatic N) is 1. The van der Waals surface area contributed by atoms with Crippen molar-refractivity contribution in [1.29, 1.82) is 0 Å². The summed E-state index contributed by atoms with van der Waals surface area (Å²) in [5.74, 6) is 1.96. The lowest BCUT2D eigenvalue weighted by molar-refractivity contribution is -0.115. The van der Waals surface area contributed by atoms with Gasteiger partial charge in [-0.3, -0.25) is 4.79 Å². The van der Waals surface area contributed by atoms with Gasteiger partial charge < -0.3 is 19.5 Å². The van der Waals surface area contributed by atoms with Gasteiger partial charge in [0.25, 0.3) is 5.91 Å². The highest BCUT2D eigenvalue weighted by Crippen LogP contribution is 2.36. The second kappa shape index (κ2) is 10.0. The highest BCUT2D eigenvalue weighted by Gasteiger charge is 2.24. The molecule has 0 aliphatic carbocycles. The van der Waals surface area contributed by atoms with Gasteiger partial charge >= 0.3 is 0 Å². The summed E-state index contributed by atoms with van der Waals surface area (Å²) in [6, 6.07) is 11.2. The van der Waals surface area contributed by atoms with Crippen LogP contribution >= 0.6 is 34.4 Å². The number of methoxy groups -OCH3 is 1. The van der Waals surface area contributed by atoms with E-state index >= 15 is 0 Å². The van der Waals surface area contributed by atoms with Crippen LogP contribution in [0.3, 0.4) is 0 Å². The molecule has 2 aromatic rings. The molecule has 152 valence electrons. The van der Waals surface area contributed by atoms with Gasteiger partial charge in [-0.15, -0.1) is 0 Å². The van der Waals surface area contributed by atoms with Crippen molar-refractivity contribution in [2.45, 2.75) is 13.8 Å². The fourth-order valence-corrected chi connectivity index (χ4v) is 4.35. The van der Waals surface area contributed by atoms with Crippen molar-refractivity contribution in [2.24, 2.45) is 4.99 Å². The molecule has 0 radical (unpaired) electrons. The summed E-state index contributed by atoms with van der Waals surface area (Å²) in [7, 11) is 1.61. The zero-order valence-electron chi connectivity index (χ0n) is 16.3. The van der Waals surface area contributed by atoms with Crippen LogP contribution in [0.1, 0.15) is 19.4 Å². The van der Waals surface area contributed by atoms with Crippen LogP contribution in [0.15, 0.2) is 46.3 Å². The number of benzene rings is 2. The van der Waals surface area contributed by atoms with E-state index in [1.807, 2.05) is 56.3 Å². The Hall–Kier alpha value is -2.20. The van der Waals surface area contributed by atoms with Gasteiger partial charge in [0.2, 0.25) is 0 Å². The second-order valence-electron chi connectivity index (χ2n) is 5.88. The summed E-state index contributed by atoms with van der Waals surface area (Å²) in [6.45, 7) is 5.00. The van der Waals surface area contributed by atoms with Crippen LogP contribution in [-0.4, -0.2) is 31.4 Å². The van der Waals surface area contributed by atoms with Crippen LogP contribution < -0.4 is 19.5 Å². The van der Waals surface area contributed by atoms with Gasteiger partial charge in [-0.2, -0.15) is 0 Å². The summed E-state index contributed by atoms with van der Waals surface area (Å²) in [6.07, 6.45) is 1.82. The summed E-state index contributed by atoms with van der Waals surface area (Å²) in [4.78, 5) is 17.4. The van der Waals surface area contributed by atoms with E-state index in [9.17, 15) is 4.79 Å². The Bertz CT molecular complexity index is 958. The van der Waals surface area contributed by atoms with Crippen LogP contribution in [0.4, 0.5) is 5.69 Å². The molecule has 1 N–H and O–H groups in total. The molecule has 0 spiro atoms. The molecule has 1 fully saturated rings. The Balaban J connectivity index is 1.82. The molecule has 0 saturated carbocycles. The molecular formula is C21H21IN2O4S. The summed E-state index contributed by atoms with van der Waals surface area (Å²) in [5, 5.41) is 3.35. The Labute approximate surface area is 187 Å². The average Bonchev–Trinajstić information content (AvgIpc) is 3.02. The van der Waals surface area contributed by atoms with E-state index in [0.29, 0.717) is 34.8 Å². The second-order valence-corrected chi connectivity index (χ2v) is 8.07. The van der Waals surface area contributed by atoms with Crippen LogP contribution in [0.5, 0.6) is 17.2 Å². The number of hydrogen-bond acceptors (Lipinski definition) is 6. The Kier molecular flexibility index (Phi) is 7.43. The normalized spacial score (nSPS) is 16.2. The number of carbonyl (C=O) groups is 1. The third kappa shape index (κ3) is 5.45. The molecule has 2 aromatic carbocycles. The fourth-order valence-electron chi connectivity index (χ4n) is 2.67. The van der Waals surface area contributed by atoms with E-state index in [1.54, 1.807) is 7.11 Å². The predicted molar refractivity (Wildman–Crippen MR) is 125 cm³/mol. The lowest BCUT2D eigenvalue weighted by Crippen LogP contribution is -2.19. The number of amidine groups is 1. The van der Waals surface area contributed by atoms with Gasteiger partial charge in [0.15, 0.2) is 16.7 Å². The topological polar surface area (TPSA) is 69.2 Å². The van der Waals surface area contributed by atoms with Gasteiger partial charge in [-0.1, -0.05) is 0 Å². The Morgan fingerprint density at radius 1 is 1.14 bits per heavy atom. The molecule has 1 saturated heterocycles. The Morgan fingerprint density at radius 3 is 2.52 bits per heavy atom. The number of nitrogens with one attached hydrogen (secondary N) is 1. The minimum atomic E-state index is -0.177. The molecule has 1 amide bonds. The summed E-state index contributed by atoms with van der Waals surface area (Å²) in [5.41, 5.74) is 1.61. The van der Waals surface area contributed by atoms with Crippen molar-refractivity contribution >= 4 is 57.2 Å². The number of rotatable bonds is 7. The van der Waals surface area contributed by atoms with Crippen molar-refractivity contribution in [2.75, 3.05) is 20.3 Å². The number of hydrogen-bond donors (Lipinski definition) is 1. The van der Waals surface area contributed by atoms with Crippen molar-refractivity contribution in [3.63, 3.8) is 0 Å². The maximum absolute atomic E-state index is 12.4. The van der Waals surface area contributed by atoms with Crippen LogP contribution in [0, 0.1) is 3.57 Å². The third-order valence-corrected chi connectivity index (χ3v) is 5.57. The zero-order valence-corrected chi connectivity index (χ0v) is 19.3. The first kappa shape index (κ1) is 21.5. The van der Waals surface area contributed by atoms with E-state index in [4.69, 9.17) is 14.2 Å². The van der Waals surface area contributed by atoms with E-state index < -0.39 is 0 Å². The first-order chi connectivity index (χ1) is 14.0. The fraction of sp³-hybridized carbons (Fsp3) is 0.238. The lowest BCUT2D eigenvalue weighted by atomic mass is 10.2. The molecule has 1 aliphatic heterocycles. The smallest absolute Gasteiger partial charge is 0.264 e. The number of halogens is 1. The van der Waals surface area contributed by atoms with Crippen molar-refractivity contribution < 1.29 is 19.0 Å². The van der Waals surface area contributed by atoms with Crippen molar-refractivity contribution in [3.05, 3.63) is 50.4 Å². The summed E-state index contributed by atoms with van der Waals surface area (Å²) < 4.78 is 17.4. The van der Waals surface area contributed by atoms with Crippen molar-refractivity contribution in [3.8, 4) is 17.2 Å². The summed E-state index contributed by atoms with van der Waals surface area (Å²) >= 11 is 3.50. The van der Waals surface area contributed by atoms with Gasteiger partial charge in [0.05, 0.1) is 34.5 Å². The standard InChI is InChI=1S/C21H21IN2O4S/c1-4-27-15-8-6-14(7-9-15)23-21-24-20(25)18(29-21)12-13-10-16(22)19(26-3)17(11-13)28-5-2/h6-12H,4-5H2,1-3H3,(H,23,24,25)/b18-12+. The molecular weight excluding hydrogens is 503 g/mol. The van der Waals surface area contributed by atoms with Gasteiger partial charge in [0, 0.05) is 0 Å². The molecule has 3 rings (SSSR count). The molecule has 6 nitrogen and oxygen atoms in total. The molecule has 0 atom stereocenters. The molecule has 0 aromatic heterocycles. The number of carbonyl (C=O) groups excluding carboxylic acids is 1. The highest BCUT2D eigenvalue weighted by atomic mass is 127. The minimum absolute atomic E-state index is 0.177. The number of amides is 1. The largest absolute Gasteiger partial charge is 0.494 e. The monoisotopic (exact) mass is 524 g/mol. The lowest BCUT2D eigenvalue weighted by Gasteiger charge is -2.12. The molecule has 1 heterocycles. The van der Waals surface area contributed by atoms with E-state index in [0.717, 1.165) is 20.6 Å². The van der Waals surface area contributed by atoms with E-state index in [1.165, 1.54) is 11.8 Å². The van der Waals surface area contributed by atoms with Crippen molar-refractivity contribution in [1.82, 2.24) is 5.32 Å². The van der Waals surface area contributed by atoms with E-state index in [-0.39, 0.29) is 5.91 Å². The van der Waals surface area contributed by atoms with Gasteiger partial charge in [-0.25, -0.2) is 4.99 Å². The third-order valence-electron chi connectivity index (χ3n) is 3.86. The molecule has 1 aliphatic rings. The quantitative estimate of drug-likeness (QED) is 0.409. The first-order valence-corrected chi connectivity index (χ1v) is 11.0. The first-order valence-electron chi connectivity index (χ1n) is 9.06. The SMILES string of the molecule is CCOc1ccc(N=C2NC(=O)/C(=C\c3cc(I)c(OC)c(OCC)c3)S2)cc1. The van der Waals surface area contributed by atoms with Gasteiger partial charge in [0.1, 0.15) is 5.75 Å². The van der Waals surface area contributed by atoms with Crippen LogP contribution in [-0.2, 0) is 4.79 Å². The molecule has 0 unspecified atom stereocenters. The van der Waals surface area contributed by atoms with E-state index in [2.05, 4.69) is 32.9 Å². The maximum atomic E-state index is 12.4. The molecule has 29 heavy (non-hydrogen) atoms. The predicted octanol–water partition coefficient (Wildman–Crippen LogP) is 4.99. The van der Waals surface area contributed by atoms with Crippen LogP contribution in [0.2, 0.25) is 0 Å². The Morgan fingerprint density at radius 2 is 1.86 bits per heavy atom. The number of aliphatic imine (C=N–C) groups is 1. The number of thioether (sulfide) groups is 1.